The summed E-state index contributed by atoms with van der Waals surface area (Å²) in [6, 6.07) is 7.10. The van der Waals surface area contributed by atoms with Crippen LogP contribution in [0.5, 0.6) is 0 Å². The van der Waals surface area contributed by atoms with Gasteiger partial charge in [0.25, 0.3) is 0 Å². The topological polar surface area (TPSA) is 58.6 Å². The van der Waals surface area contributed by atoms with E-state index in [4.69, 9.17) is 16.3 Å². The third kappa shape index (κ3) is 4.03. The number of halogens is 1. The second-order valence-electron chi connectivity index (χ2n) is 5.58. The molecule has 0 aromatic heterocycles. The van der Waals surface area contributed by atoms with Crippen LogP contribution in [-0.4, -0.2) is 43.5 Å². The van der Waals surface area contributed by atoms with Crippen LogP contribution in [0.25, 0.3) is 0 Å². The fourth-order valence-corrected chi connectivity index (χ4v) is 3.35. The van der Waals surface area contributed by atoms with Gasteiger partial charge in [-0.2, -0.15) is 0 Å². The number of amides is 2. The Morgan fingerprint density at radius 3 is 2.83 bits per heavy atom. The van der Waals surface area contributed by atoms with Crippen molar-refractivity contribution < 1.29 is 14.3 Å². The SMILES string of the molecule is CCN1C(=O)CC[C@@H](C(=O)NCCOC)[C@@H]1c1ccccc1Cl. The van der Waals surface area contributed by atoms with Crippen LogP contribution in [0, 0.1) is 5.92 Å². The van der Waals surface area contributed by atoms with Crippen molar-refractivity contribution in [2.24, 2.45) is 5.92 Å². The summed E-state index contributed by atoms with van der Waals surface area (Å²) in [4.78, 5) is 26.6. The molecule has 1 heterocycles. The Morgan fingerprint density at radius 1 is 1.43 bits per heavy atom. The zero-order chi connectivity index (χ0) is 16.8. The van der Waals surface area contributed by atoms with E-state index in [0.29, 0.717) is 37.6 Å². The number of rotatable bonds is 6. The molecule has 1 N–H and O–H groups in total. The first kappa shape index (κ1) is 17.8. The molecule has 1 fully saturated rings. The molecule has 126 valence electrons. The van der Waals surface area contributed by atoms with Crippen molar-refractivity contribution in [2.75, 3.05) is 26.8 Å². The fraction of sp³-hybridized carbons (Fsp3) is 0.529. The first-order chi connectivity index (χ1) is 11.1. The zero-order valence-electron chi connectivity index (χ0n) is 13.5. The average molecular weight is 339 g/mol. The third-order valence-corrected chi connectivity index (χ3v) is 4.56. The van der Waals surface area contributed by atoms with Crippen molar-refractivity contribution in [2.45, 2.75) is 25.8 Å². The molecule has 0 radical (unpaired) electrons. The fourth-order valence-electron chi connectivity index (χ4n) is 3.11. The van der Waals surface area contributed by atoms with Crippen LogP contribution >= 0.6 is 11.6 Å². The number of nitrogens with zero attached hydrogens (tertiary/aromatic N) is 1. The van der Waals surface area contributed by atoms with Gasteiger partial charge in [-0.15, -0.1) is 0 Å². The molecular formula is C17H23ClN2O3. The summed E-state index contributed by atoms with van der Waals surface area (Å²) in [5.74, 6) is -0.291. The number of nitrogens with one attached hydrogen (secondary N) is 1. The van der Waals surface area contributed by atoms with Gasteiger partial charge in [-0.1, -0.05) is 29.8 Å². The number of carbonyl (C=O) groups excluding carboxylic acids is 2. The minimum Gasteiger partial charge on any atom is -0.383 e. The van der Waals surface area contributed by atoms with E-state index in [1.165, 1.54) is 0 Å². The minimum absolute atomic E-state index is 0.0575. The third-order valence-electron chi connectivity index (χ3n) is 4.21. The van der Waals surface area contributed by atoms with E-state index in [-0.39, 0.29) is 23.8 Å². The van der Waals surface area contributed by atoms with Gasteiger partial charge in [-0.3, -0.25) is 9.59 Å². The quantitative estimate of drug-likeness (QED) is 0.810. The molecule has 5 nitrogen and oxygen atoms in total. The summed E-state index contributed by atoms with van der Waals surface area (Å²) in [6.45, 7) is 3.40. The number of carbonyl (C=O) groups is 2. The number of benzene rings is 1. The molecule has 0 bridgehead atoms. The smallest absolute Gasteiger partial charge is 0.225 e. The normalized spacial score (nSPS) is 21.3. The van der Waals surface area contributed by atoms with Gasteiger partial charge in [0.2, 0.25) is 11.8 Å². The summed E-state index contributed by atoms with van der Waals surface area (Å²) >= 11 is 6.33. The molecule has 1 aliphatic rings. The Balaban J connectivity index is 2.29. The second-order valence-corrected chi connectivity index (χ2v) is 5.98. The Labute approximate surface area is 141 Å². The van der Waals surface area contributed by atoms with Gasteiger partial charge >= 0.3 is 0 Å². The van der Waals surface area contributed by atoms with E-state index >= 15 is 0 Å². The number of piperidine rings is 1. The lowest BCUT2D eigenvalue weighted by Gasteiger charge is -2.40. The lowest BCUT2D eigenvalue weighted by Crippen LogP contribution is -2.48. The van der Waals surface area contributed by atoms with Gasteiger partial charge in [-0.05, 0) is 25.0 Å². The molecule has 0 unspecified atom stereocenters. The van der Waals surface area contributed by atoms with Crippen LogP contribution in [0.3, 0.4) is 0 Å². The Morgan fingerprint density at radius 2 is 2.17 bits per heavy atom. The molecule has 1 aromatic carbocycles. The van der Waals surface area contributed by atoms with E-state index in [0.717, 1.165) is 5.56 Å². The molecule has 1 saturated heterocycles. The Kier molecular flexibility index (Phi) is 6.42. The first-order valence-electron chi connectivity index (χ1n) is 7.90. The highest BCUT2D eigenvalue weighted by atomic mass is 35.5. The molecular weight excluding hydrogens is 316 g/mol. The number of methoxy groups -OCH3 is 1. The van der Waals surface area contributed by atoms with Gasteiger partial charge in [0, 0.05) is 31.6 Å². The van der Waals surface area contributed by atoms with Crippen LogP contribution in [0.4, 0.5) is 0 Å². The molecule has 1 aromatic rings. The maximum atomic E-state index is 12.6. The van der Waals surface area contributed by atoms with Crippen molar-refractivity contribution in [1.29, 1.82) is 0 Å². The van der Waals surface area contributed by atoms with Gasteiger partial charge < -0.3 is 15.0 Å². The summed E-state index contributed by atoms with van der Waals surface area (Å²) in [6.07, 6.45) is 0.918. The number of hydrogen-bond donors (Lipinski definition) is 1. The molecule has 0 aliphatic carbocycles. The van der Waals surface area contributed by atoms with E-state index in [1.807, 2.05) is 25.1 Å². The van der Waals surface area contributed by atoms with Gasteiger partial charge in [0.05, 0.1) is 18.6 Å². The van der Waals surface area contributed by atoms with Crippen LogP contribution in [-0.2, 0) is 14.3 Å². The minimum atomic E-state index is -0.322. The summed E-state index contributed by atoms with van der Waals surface area (Å²) in [7, 11) is 1.59. The maximum absolute atomic E-state index is 12.6. The standard InChI is InChI=1S/C17H23ClN2O3/c1-3-20-15(21)9-8-13(17(22)19-10-11-23-2)16(20)12-6-4-5-7-14(12)18/h4-7,13,16H,3,8-11H2,1-2H3,(H,19,22)/t13-,16+/m1/s1. The lowest BCUT2D eigenvalue weighted by atomic mass is 9.83. The van der Waals surface area contributed by atoms with Crippen molar-refractivity contribution in [3.63, 3.8) is 0 Å². The molecule has 2 amide bonds. The molecule has 0 saturated carbocycles. The van der Waals surface area contributed by atoms with Crippen LogP contribution in [0.15, 0.2) is 24.3 Å². The number of ether oxygens (including phenoxy) is 1. The molecule has 2 atom stereocenters. The van der Waals surface area contributed by atoms with Gasteiger partial charge in [0.15, 0.2) is 0 Å². The van der Waals surface area contributed by atoms with E-state index in [1.54, 1.807) is 18.1 Å². The van der Waals surface area contributed by atoms with Crippen molar-refractivity contribution in [3.05, 3.63) is 34.9 Å². The Bertz CT molecular complexity index is 565. The molecule has 6 heteroatoms. The predicted molar refractivity (Wildman–Crippen MR) is 89.2 cm³/mol. The molecule has 2 rings (SSSR count). The number of hydrogen-bond acceptors (Lipinski definition) is 3. The zero-order valence-corrected chi connectivity index (χ0v) is 14.3. The molecule has 0 spiro atoms. The highest BCUT2D eigenvalue weighted by Crippen LogP contribution is 2.39. The van der Waals surface area contributed by atoms with Crippen molar-refractivity contribution in [3.8, 4) is 0 Å². The van der Waals surface area contributed by atoms with E-state index < -0.39 is 0 Å². The number of likely N-dealkylation sites (tertiary alicyclic amines) is 1. The first-order valence-corrected chi connectivity index (χ1v) is 8.28. The largest absolute Gasteiger partial charge is 0.383 e. The van der Waals surface area contributed by atoms with Crippen LogP contribution in [0.1, 0.15) is 31.4 Å². The molecule has 1 aliphatic heterocycles. The summed E-state index contributed by atoms with van der Waals surface area (Å²) in [5, 5.41) is 3.47. The predicted octanol–water partition coefficient (Wildman–Crippen LogP) is 2.40. The molecule has 23 heavy (non-hydrogen) atoms. The average Bonchev–Trinajstić information content (AvgIpc) is 2.55. The summed E-state index contributed by atoms with van der Waals surface area (Å²) < 4.78 is 4.97. The van der Waals surface area contributed by atoms with E-state index in [2.05, 4.69) is 5.32 Å². The van der Waals surface area contributed by atoms with Gasteiger partial charge in [0.1, 0.15) is 0 Å². The second kappa shape index (κ2) is 8.31. The van der Waals surface area contributed by atoms with Crippen molar-refractivity contribution >= 4 is 23.4 Å². The van der Waals surface area contributed by atoms with E-state index in [9.17, 15) is 9.59 Å². The van der Waals surface area contributed by atoms with Gasteiger partial charge in [-0.25, -0.2) is 0 Å². The summed E-state index contributed by atoms with van der Waals surface area (Å²) in [5.41, 5.74) is 0.830. The van der Waals surface area contributed by atoms with Crippen molar-refractivity contribution in [1.82, 2.24) is 10.2 Å². The Hall–Kier alpha value is -1.59. The monoisotopic (exact) mass is 338 g/mol. The maximum Gasteiger partial charge on any atom is 0.225 e. The highest BCUT2D eigenvalue weighted by molar-refractivity contribution is 6.31. The highest BCUT2D eigenvalue weighted by Gasteiger charge is 2.40. The van der Waals surface area contributed by atoms with Crippen LogP contribution < -0.4 is 5.32 Å². The van der Waals surface area contributed by atoms with Crippen LogP contribution in [0.2, 0.25) is 5.02 Å². The lowest BCUT2D eigenvalue weighted by molar-refractivity contribution is -0.143.